The van der Waals surface area contributed by atoms with Crippen molar-refractivity contribution in [2.24, 2.45) is 11.5 Å². The average molecular weight is 295 g/mol. The van der Waals surface area contributed by atoms with Crippen molar-refractivity contribution < 1.29 is 4.74 Å². The summed E-state index contributed by atoms with van der Waals surface area (Å²) in [4.78, 5) is -0.0142. The first-order chi connectivity index (χ1) is 10.1. The van der Waals surface area contributed by atoms with Crippen LogP contribution in [0.3, 0.4) is 0 Å². The molecule has 0 atom stereocenters. The SMILES string of the molecule is N#C/C(C(N)=S)=C(\N)c1ccc(Oc2ccccc2)cc1. The van der Waals surface area contributed by atoms with Gasteiger partial charge >= 0.3 is 0 Å². The molecule has 2 aromatic rings. The number of nitrogens with zero attached hydrogens (tertiary/aromatic N) is 1. The highest BCUT2D eigenvalue weighted by atomic mass is 32.1. The van der Waals surface area contributed by atoms with Gasteiger partial charge in [0.25, 0.3) is 0 Å². The number of hydrogen-bond acceptors (Lipinski definition) is 4. The van der Waals surface area contributed by atoms with Gasteiger partial charge in [0.05, 0.1) is 5.70 Å². The Morgan fingerprint density at radius 2 is 1.52 bits per heavy atom. The molecular formula is C16H13N3OS. The first-order valence-electron chi connectivity index (χ1n) is 6.15. The van der Waals surface area contributed by atoms with E-state index in [4.69, 9.17) is 33.7 Å². The highest BCUT2D eigenvalue weighted by Gasteiger charge is 2.08. The zero-order valence-electron chi connectivity index (χ0n) is 11.1. The minimum atomic E-state index is -0.0142. The molecule has 5 heteroatoms. The molecule has 0 amide bonds. The third kappa shape index (κ3) is 3.59. The van der Waals surface area contributed by atoms with Crippen LogP contribution in [0.15, 0.2) is 60.2 Å². The molecule has 0 spiro atoms. The minimum absolute atomic E-state index is 0.0142. The molecule has 0 aliphatic carbocycles. The predicted octanol–water partition coefficient (Wildman–Crippen LogP) is 2.96. The monoisotopic (exact) mass is 295 g/mol. The Kier molecular flexibility index (Phi) is 4.54. The molecule has 21 heavy (non-hydrogen) atoms. The van der Waals surface area contributed by atoms with Crippen LogP contribution < -0.4 is 16.2 Å². The van der Waals surface area contributed by atoms with E-state index in [0.29, 0.717) is 11.3 Å². The third-order valence-electron chi connectivity index (χ3n) is 2.77. The molecule has 0 bridgehead atoms. The fourth-order valence-electron chi connectivity index (χ4n) is 1.72. The molecule has 4 nitrogen and oxygen atoms in total. The molecule has 0 radical (unpaired) electrons. The summed E-state index contributed by atoms with van der Waals surface area (Å²) in [6, 6.07) is 18.4. The summed E-state index contributed by atoms with van der Waals surface area (Å²) in [6.45, 7) is 0. The zero-order valence-corrected chi connectivity index (χ0v) is 11.9. The number of rotatable bonds is 4. The summed E-state index contributed by atoms with van der Waals surface area (Å²) in [5, 5.41) is 9.00. The summed E-state index contributed by atoms with van der Waals surface area (Å²) in [6.07, 6.45) is 0. The van der Waals surface area contributed by atoms with E-state index in [0.717, 1.165) is 5.75 Å². The number of hydrogen-bond donors (Lipinski definition) is 2. The van der Waals surface area contributed by atoms with E-state index in [9.17, 15) is 0 Å². The zero-order chi connectivity index (χ0) is 15.2. The van der Waals surface area contributed by atoms with Crippen molar-refractivity contribution in [2.45, 2.75) is 0 Å². The number of benzene rings is 2. The van der Waals surface area contributed by atoms with Crippen molar-refractivity contribution >= 4 is 22.9 Å². The highest BCUT2D eigenvalue weighted by Crippen LogP contribution is 2.23. The lowest BCUT2D eigenvalue weighted by atomic mass is 10.1. The fourth-order valence-corrected chi connectivity index (χ4v) is 1.88. The first-order valence-corrected chi connectivity index (χ1v) is 6.55. The van der Waals surface area contributed by atoms with Gasteiger partial charge in [-0.3, -0.25) is 0 Å². The molecule has 2 aromatic carbocycles. The van der Waals surface area contributed by atoms with Gasteiger partial charge in [-0.2, -0.15) is 5.26 Å². The Morgan fingerprint density at radius 3 is 2.05 bits per heavy atom. The van der Waals surface area contributed by atoms with Crippen LogP contribution in [0.5, 0.6) is 11.5 Å². The van der Waals surface area contributed by atoms with Gasteiger partial charge in [0.1, 0.15) is 28.1 Å². The maximum absolute atomic E-state index is 9.00. The Balaban J connectivity index is 2.24. The maximum Gasteiger partial charge on any atom is 0.127 e. The van der Waals surface area contributed by atoms with Crippen LogP contribution in [0.1, 0.15) is 5.56 Å². The second-order valence-electron chi connectivity index (χ2n) is 4.20. The van der Waals surface area contributed by atoms with Crippen molar-refractivity contribution in [1.29, 1.82) is 5.26 Å². The Hall–Kier alpha value is -2.84. The standard InChI is InChI=1S/C16H13N3OS/c17-10-14(16(19)21)15(18)11-6-8-13(9-7-11)20-12-4-2-1-3-5-12/h1-9H,18H2,(H2,19,21)/b15-14+. The number of thiocarbonyl (C=S) groups is 1. The van der Waals surface area contributed by atoms with Gasteiger partial charge in [0.2, 0.25) is 0 Å². The van der Waals surface area contributed by atoms with E-state index in [1.165, 1.54) is 0 Å². The van der Waals surface area contributed by atoms with Crippen LogP contribution in [0.25, 0.3) is 5.70 Å². The molecule has 0 aromatic heterocycles. The molecule has 0 fully saturated rings. The van der Waals surface area contributed by atoms with Crippen LogP contribution in [0, 0.1) is 11.3 Å². The normalized spacial score (nSPS) is 11.2. The number of nitrogens with two attached hydrogens (primary N) is 2. The van der Waals surface area contributed by atoms with Gasteiger partial charge in [0, 0.05) is 0 Å². The van der Waals surface area contributed by atoms with Crippen molar-refractivity contribution in [2.75, 3.05) is 0 Å². The predicted molar refractivity (Wildman–Crippen MR) is 86.5 cm³/mol. The third-order valence-corrected chi connectivity index (χ3v) is 2.98. The lowest BCUT2D eigenvalue weighted by Gasteiger charge is -2.08. The van der Waals surface area contributed by atoms with Crippen LogP contribution in [0.2, 0.25) is 0 Å². The number of nitriles is 1. The largest absolute Gasteiger partial charge is 0.457 e. The van der Waals surface area contributed by atoms with Crippen LogP contribution >= 0.6 is 12.2 Å². The van der Waals surface area contributed by atoms with E-state index in [-0.39, 0.29) is 16.3 Å². The Morgan fingerprint density at radius 1 is 0.952 bits per heavy atom. The lowest BCUT2D eigenvalue weighted by Crippen LogP contribution is -2.15. The Labute approximate surface area is 128 Å². The van der Waals surface area contributed by atoms with E-state index in [2.05, 4.69) is 0 Å². The quantitative estimate of drug-likeness (QED) is 0.514. The molecule has 0 unspecified atom stereocenters. The molecule has 4 N–H and O–H groups in total. The van der Waals surface area contributed by atoms with Crippen LogP contribution in [-0.2, 0) is 0 Å². The van der Waals surface area contributed by atoms with E-state index in [1.807, 2.05) is 36.4 Å². The average Bonchev–Trinajstić information content (AvgIpc) is 2.49. The molecule has 104 valence electrons. The molecule has 2 rings (SSSR count). The molecular weight excluding hydrogens is 282 g/mol. The van der Waals surface area contributed by atoms with E-state index >= 15 is 0 Å². The second kappa shape index (κ2) is 6.55. The molecule has 0 saturated carbocycles. The number of ether oxygens (including phenoxy) is 1. The lowest BCUT2D eigenvalue weighted by molar-refractivity contribution is 0.482. The summed E-state index contributed by atoms with van der Waals surface area (Å²) in [5.41, 5.74) is 12.4. The fraction of sp³-hybridized carbons (Fsp3) is 0. The summed E-state index contributed by atoms with van der Waals surface area (Å²) < 4.78 is 5.67. The summed E-state index contributed by atoms with van der Waals surface area (Å²) in [5.74, 6) is 1.42. The van der Waals surface area contributed by atoms with E-state index < -0.39 is 0 Å². The van der Waals surface area contributed by atoms with Crippen molar-refractivity contribution in [1.82, 2.24) is 0 Å². The van der Waals surface area contributed by atoms with Crippen molar-refractivity contribution in [3.63, 3.8) is 0 Å². The van der Waals surface area contributed by atoms with Gasteiger partial charge in [-0.05, 0) is 42.0 Å². The highest BCUT2D eigenvalue weighted by molar-refractivity contribution is 7.80. The van der Waals surface area contributed by atoms with Gasteiger partial charge in [-0.1, -0.05) is 30.4 Å². The van der Waals surface area contributed by atoms with E-state index in [1.54, 1.807) is 24.3 Å². The topological polar surface area (TPSA) is 85.1 Å². The minimum Gasteiger partial charge on any atom is -0.457 e. The van der Waals surface area contributed by atoms with Crippen LogP contribution in [0.4, 0.5) is 0 Å². The second-order valence-corrected chi connectivity index (χ2v) is 4.64. The molecule has 0 heterocycles. The summed E-state index contributed by atoms with van der Waals surface area (Å²) in [7, 11) is 0. The van der Waals surface area contributed by atoms with Gasteiger partial charge in [-0.15, -0.1) is 0 Å². The van der Waals surface area contributed by atoms with Crippen LogP contribution in [-0.4, -0.2) is 4.99 Å². The Bertz CT molecular complexity index is 715. The maximum atomic E-state index is 9.00. The van der Waals surface area contributed by atoms with Gasteiger partial charge in [0.15, 0.2) is 0 Å². The number of para-hydroxylation sites is 1. The van der Waals surface area contributed by atoms with Gasteiger partial charge in [-0.25, -0.2) is 0 Å². The van der Waals surface area contributed by atoms with Crippen molar-refractivity contribution in [3.05, 3.63) is 65.7 Å². The first kappa shape index (κ1) is 14.6. The van der Waals surface area contributed by atoms with Gasteiger partial charge < -0.3 is 16.2 Å². The smallest absolute Gasteiger partial charge is 0.127 e. The molecule has 0 aliphatic heterocycles. The molecule has 0 aliphatic rings. The van der Waals surface area contributed by atoms with Crippen molar-refractivity contribution in [3.8, 4) is 17.6 Å². The summed E-state index contributed by atoms with van der Waals surface area (Å²) >= 11 is 4.80. The molecule has 0 saturated heterocycles.